The number of carboxylic acids is 1. The van der Waals surface area contributed by atoms with E-state index in [2.05, 4.69) is 5.32 Å². The molecule has 2 amide bonds. The molecule has 2 unspecified atom stereocenters. The van der Waals surface area contributed by atoms with Crippen molar-refractivity contribution in [3.63, 3.8) is 0 Å². The number of carbonyl (C=O) groups excluding carboxylic acids is 1. The van der Waals surface area contributed by atoms with Crippen LogP contribution in [0.1, 0.15) is 33.1 Å². The average molecular weight is 244 g/mol. The summed E-state index contributed by atoms with van der Waals surface area (Å²) >= 11 is 0. The minimum absolute atomic E-state index is 0.0542. The zero-order valence-electron chi connectivity index (χ0n) is 10.3. The van der Waals surface area contributed by atoms with Crippen LogP contribution >= 0.6 is 0 Å². The van der Waals surface area contributed by atoms with Gasteiger partial charge in [0.05, 0.1) is 12.0 Å². The monoisotopic (exact) mass is 244 g/mol. The smallest absolute Gasteiger partial charge is 0.317 e. The number of likely N-dealkylation sites (tertiary alicyclic amines) is 1. The second-order valence-corrected chi connectivity index (χ2v) is 4.91. The van der Waals surface area contributed by atoms with Crippen molar-refractivity contribution in [2.75, 3.05) is 13.1 Å². The predicted molar refractivity (Wildman–Crippen MR) is 61.7 cm³/mol. The number of amides is 2. The molecule has 0 spiro atoms. The van der Waals surface area contributed by atoms with Crippen LogP contribution in [0.5, 0.6) is 0 Å². The van der Waals surface area contributed by atoms with Crippen LogP contribution in [0.3, 0.4) is 0 Å². The van der Waals surface area contributed by atoms with E-state index in [4.69, 9.17) is 5.11 Å². The fourth-order valence-corrected chi connectivity index (χ4v) is 1.99. The number of carbonyl (C=O) groups is 2. The normalized spacial score (nSPS) is 23.2. The Morgan fingerprint density at radius 1 is 1.53 bits per heavy atom. The molecule has 0 aliphatic carbocycles. The van der Waals surface area contributed by atoms with Crippen molar-refractivity contribution < 1.29 is 19.8 Å². The summed E-state index contributed by atoms with van der Waals surface area (Å²) in [6.07, 6.45) is 1.59. The molecule has 1 aliphatic heterocycles. The maximum absolute atomic E-state index is 11.7. The van der Waals surface area contributed by atoms with E-state index in [0.717, 1.165) is 12.8 Å². The van der Waals surface area contributed by atoms with Crippen molar-refractivity contribution in [2.45, 2.75) is 44.8 Å². The molecule has 6 nitrogen and oxygen atoms in total. The molecule has 0 bridgehead atoms. The summed E-state index contributed by atoms with van der Waals surface area (Å²) in [5, 5.41) is 20.9. The Kier molecular flexibility index (Phi) is 4.34. The third-order valence-corrected chi connectivity index (χ3v) is 2.97. The summed E-state index contributed by atoms with van der Waals surface area (Å²) in [6, 6.07) is -0.0277. The van der Waals surface area contributed by atoms with Crippen LogP contribution in [0.4, 0.5) is 4.79 Å². The molecule has 1 fully saturated rings. The lowest BCUT2D eigenvalue weighted by molar-refractivity contribution is -0.141. The van der Waals surface area contributed by atoms with Crippen LogP contribution in [0, 0.1) is 0 Å². The highest BCUT2D eigenvalue weighted by Gasteiger charge is 2.28. The molecule has 1 saturated heterocycles. The van der Waals surface area contributed by atoms with Crippen molar-refractivity contribution >= 4 is 12.0 Å². The zero-order valence-corrected chi connectivity index (χ0v) is 10.3. The fraction of sp³-hybridized carbons (Fsp3) is 0.818. The summed E-state index contributed by atoms with van der Waals surface area (Å²) in [6.45, 7) is 4.03. The van der Waals surface area contributed by atoms with Gasteiger partial charge in [-0.3, -0.25) is 4.79 Å². The van der Waals surface area contributed by atoms with E-state index in [1.807, 2.05) is 6.92 Å². The van der Waals surface area contributed by atoms with Gasteiger partial charge in [0.1, 0.15) is 0 Å². The van der Waals surface area contributed by atoms with E-state index in [-0.39, 0.29) is 25.0 Å². The first-order chi connectivity index (χ1) is 7.82. The summed E-state index contributed by atoms with van der Waals surface area (Å²) in [4.78, 5) is 23.9. The summed E-state index contributed by atoms with van der Waals surface area (Å²) in [5.41, 5.74) is -1.41. The molecule has 0 aromatic carbocycles. The van der Waals surface area contributed by atoms with E-state index < -0.39 is 11.6 Å². The number of rotatable bonds is 4. The molecule has 0 saturated carbocycles. The molecular formula is C11H20N2O4. The number of aliphatic carboxylic acids is 1. The van der Waals surface area contributed by atoms with Crippen LogP contribution in [-0.4, -0.2) is 51.8 Å². The lowest BCUT2D eigenvalue weighted by Crippen LogP contribution is -2.48. The van der Waals surface area contributed by atoms with Gasteiger partial charge in [0, 0.05) is 19.1 Å². The van der Waals surface area contributed by atoms with Crippen LogP contribution in [0.15, 0.2) is 0 Å². The van der Waals surface area contributed by atoms with Gasteiger partial charge in [-0.15, -0.1) is 0 Å². The summed E-state index contributed by atoms with van der Waals surface area (Å²) in [7, 11) is 0. The number of hydrogen-bond donors (Lipinski definition) is 3. The van der Waals surface area contributed by atoms with Crippen LogP contribution in [0.25, 0.3) is 0 Å². The third kappa shape index (κ3) is 4.22. The standard InChI is InChI=1S/C11H20N2O4/c1-8-4-3-5-13(8)10(16)12-7-11(2,17)6-9(14)15/h8,17H,3-7H2,1-2H3,(H,12,16)(H,14,15). The van der Waals surface area contributed by atoms with Crippen molar-refractivity contribution in [3.8, 4) is 0 Å². The number of nitrogens with one attached hydrogen (secondary N) is 1. The SMILES string of the molecule is CC1CCCN1C(=O)NCC(C)(O)CC(=O)O. The highest BCUT2D eigenvalue weighted by Crippen LogP contribution is 2.16. The minimum atomic E-state index is -1.41. The van der Waals surface area contributed by atoms with Gasteiger partial charge in [0.2, 0.25) is 0 Å². The van der Waals surface area contributed by atoms with E-state index in [1.54, 1.807) is 4.90 Å². The van der Waals surface area contributed by atoms with Gasteiger partial charge >= 0.3 is 12.0 Å². The molecule has 0 aromatic heterocycles. The Bertz CT molecular complexity index is 304. The van der Waals surface area contributed by atoms with Gasteiger partial charge < -0.3 is 20.4 Å². The fourth-order valence-electron chi connectivity index (χ4n) is 1.99. The quantitative estimate of drug-likeness (QED) is 0.668. The first-order valence-corrected chi connectivity index (χ1v) is 5.80. The van der Waals surface area contributed by atoms with Crippen LogP contribution in [0.2, 0.25) is 0 Å². The van der Waals surface area contributed by atoms with Crippen molar-refractivity contribution in [2.24, 2.45) is 0 Å². The third-order valence-electron chi connectivity index (χ3n) is 2.97. The highest BCUT2D eigenvalue weighted by molar-refractivity contribution is 5.75. The van der Waals surface area contributed by atoms with Gasteiger partial charge in [-0.1, -0.05) is 0 Å². The molecule has 1 aliphatic rings. The van der Waals surface area contributed by atoms with Crippen molar-refractivity contribution in [1.82, 2.24) is 10.2 Å². The molecule has 0 aromatic rings. The van der Waals surface area contributed by atoms with Crippen molar-refractivity contribution in [3.05, 3.63) is 0 Å². The van der Waals surface area contributed by atoms with E-state index in [0.29, 0.717) is 6.54 Å². The summed E-state index contributed by atoms with van der Waals surface area (Å²) < 4.78 is 0. The van der Waals surface area contributed by atoms with E-state index in [9.17, 15) is 14.7 Å². The first kappa shape index (κ1) is 13.8. The minimum Gasteiger partial charge on any atom is -0.481 e. The molecule has 98 valence electrons. The molecule has 17 heavy (non-hydrogen) atoms. The van der Waals surface area contributed by atoms with Gasteiger partial charge in [-0.2, -0.15) is 0 Å². The average Bonchev–Trinajstić information content (AvgIpc) is 2.59. The lowest BCUT2D eigenvalue weighted by atomic mass is 10.0. The second kappa shape index (κ2) is 5.35. The van der Waals surface area contributed by atoms with Crippen molar-refractivity contribution in [1.29, 1.82) is 0 Å². The van der Waals surface area contributed by atoms with Crippen LogP contribution in [-0.2, 0) is 4.79 Å². The van der Waals surface area contributed by atoms with Gasteiger partial charge in [0.25, 0.3) is 0 Å². The maximum atomic E-state index is 11.7. The maximum Gasteiger partial charge on any atom is 0.317 e. The molecule has 2 atom stereocenters. The van der Waals surface area contributed by atoms with Gasteiger partial charge in [0.15, 0.2) is 0 Å². The van der Waals surface area contributed by atoms with Gasteiger partial charge in [-0.05, 0) is 26.7 Å². The van der Waals surface area contributed by atoms with Crippen LogP contribution < -0.4 is 5.32 Å². The zero-order chi connectivity index (χ0) is 13.1. The second-order valence-electron chi connectivity index (χ2n) is 4.91. The predicted octanol–water partition coefficient (Wildman–Crippen LogP) is 0.406. The topological polar surface area (TPSA) is 89.9 Å². The Labute approximate surface area is 101 Å². The summed E-state index contributed by atoms with van der Waals surface area (Å²) in [5.74, 6) is -1.08. The van der Waals surface area contributed by atoms with E-state index >= 15 is 0 Å². The molecule has 1 heterocycles. The Morgan fingerprint density at radius 3 is 2.65 bits per heavy atom. The number of aliphatic hydroxyl groups is 1. The Morgan fingerprint density at radius 2 is 2.18 bits per heavy atom. The molecule has 3 N–H and O–H groups in total. The molecule has 1 rings (SSSR count). The largest absolute Gasteiger partial charge is 0.481 e. The number of urea groups is 1. The molecule has 6 heteroatoms. The lowest BCUT2D eigenvalue weighted by Gasteiger charge is -2.26. The van der Waals surface area contributed by atoms with Gasteiger partial charge in [-0.25, -0.2) is 4.79 Å². The number of hydrogen-bond acceptors (Lipinski definition) is 3. The number of nitrogens with zero attached hydrogens (tertiary/aromatic N) is 1. The first-order valence-electron chi connectivity index (χ1n) is 5.80. The van der Waals surface area contributed by atoms with E-state index in [1.165, 1.54) is 6.92 Å². The number of carboxylic acid groups (broad SMARTS) is 1. The Balaban J connectivity index is 2.39. The molecular weight excluding hydrogens is 224 g/mol. The Hall–Kier alpha value is -1.30. The molecule has 0 radical (unpaired) electrons. The highest BCUT2D eigenvalue weighted by atomic mass is 16.4.